The van der Waals surface area contributed by atoms with Gasteiger partial charge in [-0.1, -0.05) is 36.9 Å². The fraction of sp³-hybridized carbons (Fsp3) is 0.565. The van der Waals surface area contributed by atoms with Crippen molar-refractivity contribution in [3.8, 4) is 11.5 Å². The van der Waals surface area contributed by atoms with E-state index in [4.69, 9.17) is 4.74 Å². The van der Waals surface area contributed by atoms with Crippen molar-refractivity contribution in [3.05, 3.63) is 21.4 Å². The smallest absolute Gasteiger partial charge is 0.389 e. The van der Waals surface area contributed by atoms with Gasteiger partial charge < -0.3 is 9.84 Å². The topological polar surface area (TPSA) is 70.1 Å². The lowest BCUT2D eigenvalue weighted by atomic mass is 10.2. The van der Waals surface area contributed by atoms with E-state index in [1.165, 1.54) is 0 Å². The minimum absolute atomic E-state index is 0.0621. The van der Waals surface area contributed by atoms with E-state index in [2.05, 4.69) is 0 Å². The number of alkyl halides is 6. The highest BCUT2D eigenvalue weighted by Gasteiger charge is 2.45. The quantitative estimate of drug-likeness (QED) is 0.148. The molecule has 0 atom stereocenters. The monoisotopic (exact) mass is 572 g/mol. The lowest BCUT2D eigenvalue weighted by molar-refractivity contribution is -0.155. The van der Waals surface area contributed by atoms with Gasteiger partial charge in [0, 0.05) is 25.9 Å². The second-order valence-corrected chi connectivity index (χ2v) is 10.9. The summed E-state index contributed by atoms with van der Waals surface area (Å²) in [5, 5.41) is 12.2. The Morgan fingerprint density at radius 2 is 1.41 bits per heavy atom. The van der Waals surface area contributed by atoms with Gasteiger partial charge in [0.25, 0.3) is 11.8 Å². The van der Waals surface area contributed by atoms with Crippen LogP contribution in [0.5, 0.6) is 11.5 Å². The number of hydrogen-bond donors (Lipinski definition) is 1. The van der Waals surface area contributed by atoms with Crippen LogP contribution in [0.25, 0.3) is 0 Å². The predicted octanol–water partition coefficient (Wildman–Crippen LogP) is 6.56. The van der Waals surface area contributed by atoms with Crippen molar-refractivity contribution in [1.82, 2.24) is 10.0 Å². The number of hydrogen-bond acceptors (Lipinski definition) is 6. The van der Waals surface area contributed by atoms with Gasteiger partial charge in [-0.2, -0.15) is 26.3 Å². The van der Waals surface area contributed by atoms with Gasteiger partial charge in [0.05, 0.1) is 20.6 Å². The number of amides is 2. The van der Waals surface area contributed by atoms with Gasteiger partial charge in [-0.3, -0.25) is 9.59 Å². The molecule has 0 bridgehead atoms. The van der Waals surface area contributed by atoms with Gasteiger partial charge in [-0.25, -0.2) is 10.0 Å². The number of rotatable bonds is 10. The number of carbonyl (C=O) groups is 2. The summed E-state index contributed by atoms with van der Waals surface area (Å²) in [5.41, 5.74) is 0.165. The summed E-state index contributed by atoms with van der Waals surface area (Å²) in [6.45, 7) is 3.09. The number of carbonyl (C=O) groups excluding carboxylic acids is 2. The van der Waals surface area contributed by atoms with Crippen molar-refractivity contribution in [2.24, 2.45) is 0 Å². The third-order valence-electron chi connectivity index (χ3n) is 5.56. The van der Waals surface area contributed by atoms with E-state index in [9.17, 15) is 41.0 Å². The molecular weight excluding hydrogens is 546 g/mol. The molecule has 0 aromatic heterocycles. The van der Waals surface area contributed by atoms with Crippen LogP contribution in [0.1, 0.15) is 51.0 Å². The number of nitrogens with zero attached hydrogens (tertiary/aromatic N) is 2. The average Bonchev–Trinajstić information content (AvgIpc) is 3.30. The van der Waals surface area contributed by atoms with E-state index in [0.29, 0.717) is 27.7 Å². The second kappa shape index (κ2) is 11.7. The largest absolute Gasteiger partial charge is 0.506 e. The zero-order chi connectivity index (χ0) is 27.5. The van der Waals surface area contributed by atoms with Gasteiger partial charge in [0.1, 0.15) is 17.1 Å². The summed E-state index contributed by atoms with van der Waals surface area (Å²) >= 11 is 1.96. The molecular formula is C23H26F6N2O4S2. The number of phenols is 1. The van der Waals surface area contributed by atoms with Crippen molar-refractivity contribution in [2.75, 3.05) is 19.7 Å². The number of phenolic OH excluding ortho intramolecular Hbond substituents is 1. The Balaban J connectivity index is 1.91. The number of ether oxygens (including phenoxy) is 1. The molecule has 1 aromatic carbocycles. The van der Waals surface area contributed by atoms with E-state index in [0.717, 1.165) is 46.4 Å². The summed E-state index contributed by atoms with van der Waals surface area (Å²) in [7, 11) is 0. The summed E-state index contributed by atoms with van der Waals surface area (Å²) in [4.78, 5) is 27.3. The highest BCUT2D eigenvalue weighted by Crippen LogP contribution is 2.60. The van der Waals surface area contributed by atoms with Crippen molar-refractivity contribution < 1.29 is 45.8 Å². The fourth-order valence-electron chi connectivity index (χ4n) is 3.71. The fourth-order valence-corrected chi connectivity index (χ4v) is 6.41. The van der Waals surface area contributed by atoms with Crippen LogP contribution in [-0.2, 0) is 9.59 Å². The van der Waals surface area contributed by atoms with Crippen LogP contribution < -0.4 is 4.74 Å². The van der Waals surface area contributed by atoms with E-state index in [-0.39, 0.29) is 15.6 Å². The molecule has 0 unspecified atom stereocenters. The molecule has 3 rings (SSSR count). The molecule has 6 nitrogen and oxygen atoms in total. The van der Waals surface area contributed by atoms with Crippen LogP contribution in [0.3, 0.4) is 0 Å². The first kappa shape index (κ1) is 29.3. The zero-order valence-electron chi connectivity index (χ0n) is 20.1. The molecule has 2 amide bonds. The van der Waals surface area contributed by atoms with Crippen LogP contribution in [0.15, 0.2) is 25.7 Å². The standard InChI is InChI=1S/C23H26F6N2O4S2/c1-3-4-11-35-14-12-13(2)16(32)18-17(14)36-21(37-18)15-19(33)30(9-5-7-22(24,25)26)31(20(15)34)10-6-8-23(27,28)29/h12,32H,3-11H2,1-2H3. The van der Waals surface area contributed by atoms with Crippen LogP contribution >= 0.6 is 23.5 Å². The zero-order valence-corrected chi connectivity index (χ0v) is 21.7. The first-order chi connectivity index (χ1) is 17.2. The molecule has 14 heteroatoms. The highest BCUT2D eigenvalue weighted by atomic mass is 32.2. The Kier molecular flexibility index (Phi) is 9.25. The van der Waals surface area contributed by atoms with Crippen LogP contribution in [0.2, 0.25) is 0 Å². The van der Waals surface area contributed by atoms with E-state index >= 15 is 0 Å². The van der Waals surface area contributed by atoms with Gasteiger partial charge in [0.2, 0.25) is 0 Å². The van der Waals surface area contributed by atoms with Gasteiger partial charge in [0.15, 0.2) is 0 Å². The van der Waals surface area contributed by atoms with E-state index in [1.807, 2.05) is 6.92 Å². The summed E-state index contributed by atoms with van der Waals surface area (Å²) < 4.78 is 82.0. The molecule has 206 valence electrons. The normalized spacial score (nSPS) is 16.3. The van der Waals surface area contributed by atoms with E-state index in [1.54, 1.807) is 13.0 Å². The van der Waals surface area contributed by atoms with Crippen molar-refractivity contribution >= 4 is 35.3 Å². The number of fused-ring (bicyclic) bond motifs is 1. The molecule has 1 aromatic rings. The second-order valence-electron chi connectivity index (χ2n) is 8.56. The van der Waals surface area contributed by atoms with Crippen molar-refractivity contribution in [3.63, 3.8) is 0 Å². The Labute approximate surface area is 218 Å². The van der Waals surface area contributed by atoms with Crippen molar-refractivity contribution in [2.45, 2.75) is 74.5 Å². The molecule has 1 N–H and O–H groups in total. The lowest BCUT2D eigenvalue weighted by Gasteiger charge is -2.27. The molecule has 0 spiro atoms. The Bertz CT molecular complexity index is 1030. The SMILES string of the molecule is CCCCOc1cc(C)c(O)c2c1SC(=C1C(=O)N(CCCC(F)(F)F)N(CCCC(F)(F)F)C1=O)S2. The third-order valence-corrected chi connectivity index (χ3v) is 8.18. The Morgan fingerprint density at radius 1 is 0.892 bits per heavy atom. The molecule has 1 fully saturated rings. The number of halogens is 6. The Morgan fingerprint density at radius 3 is 1.89 bits per heavy atom. The van der Waals surface area contributed by atoms with Crippen LogP contribution in [-0.4, -0.2) is 59.0 Å². The first-order valence-electron chi connectivity index (χ1n) is 11.6. The van der Waals surface area contributed by atoms with Crippen LogP contribution in [0, 0.1) is 6.92 Å². The maximum Gasteiger partial charge on any atom is 0.389 e. The minimum atomic E-state index is -4.49. The molecule has 0 saturated carbocycles. The summed E-state index contributed by atoms with van der Waals surface area (Å²) in [6, 6.07) is 1.64. The maximum absolute atomic E-state index is 13.2. The molecule has 0 aliphatic carbocycles. The number of aryl methyl sites for hydroxylation is 1. The molecule has 0 radical (unpaired) electrons. The van der Waals surface area contributed by atoms with Crippen molar-refractivity contribution in [1.29, 1.82) is 0 Å². The molecule has 2 aliphatic heterocycles. The number of benzene rings is 1. The maximum atomic E-state index is 13.2. The predicted molar refractivity (Wildman–Crippen MR) is 126 cm³/mol. The Hall–Kier alpha value is -2.22. The number of thioether (sulfide) groups is 2. The molecule has 2 aliphatic rings. The number of aromatic hydroxyl groups is 1. The third kappa shape index (κ3) is 7.21. The number of hydrazine groups is 1. The number of unbranched alkanes of at least 4 members (excludes halogenated alkanes) is 1. The molecule has 37 heavy (non-hydrogen) atoms. The molecule has 1 saturated heterocycles. The van der Waals surface area contributed by atoms with Gasteiger partial charge >= 0.3 is 12.4 Å². The average molecular weight is 573 g/mol. The first-order valence-corrected chi connectivity index (χ1v) is 13.2. The van der Waals surface area contributed by atoms with Gasteiger partial charge in [-0.05, 0) is 37.8 Å². The summed E-state index contributed by atoms with van der Waals surface area (Å²) in [5.74, 6) is -1.37. The minimum Gasteiger partial charge on any atom is -0.506 e. The lowest BCUT2D eigenvalue weighted by Crippen LogP contribution is -2.42. The molecule has 2 heterocycles. The van der Waals surface area contributed by atoms with E-state index < -0.39 is 62.9 Å². The summed E-state index contributed by atoms with van der Waals surface area (Å²) in [6.07, 6.45) is -10.8. The van der Waals surface area contributed by atoms with Gasteiger partial charge in [-0.15, -0.1) is 0 Å². The highest BCUT2D eigenvalue weighted by molar-refractivity contribution is 8.25. The van der Waals surface area contributed by atoms with Crippen LogP contribution in [0.4, 0.5) is 26.3 Å².